The highest BCUT2D eigenvalue weighted by atomic mass is 16.5. The molecule has 2 saturated carbocycles. The fourth-order valence-electron chi connectivity index (χ4n) is 6.08. The zero-order chi connectivity index (χ0) is 22.2. The first kappa shape index (κ1) is 23.3. The fraction of sp³-hybridized carbons (Fsp3) is 0.548. The van der Waals surface area contributed by atoms with Crippen molar-refractivity contribution in [2.75, 3.05) is 6.61 Å². The maximum Gasteiger partial charge on any atom is 0.0716 e. The van der Waals surface area contributed by atoms with Crippen LogP contribution in [-0.4, -0.2) is 6.61 Å². The summed E-state index contributed by atoms with van der Waals surface area (Å²) in [5.41, 5.74) is 5.42. The highest BCUT2D eigenvalue weighted by Crippen LogP contribution is 2.44. The molecule has 1 nitrogen and oxygen atoms in total. The maximum atomic E-state index is 5.66. The molecular formula is C31H42O. The van der Waals surface area contributed by atoms with E-state index >= 15 is 0 Å². The molecule has 2 fully saturated rings. The molecule has 0 saturated heterocycles. The molecule has 0 atom stereocenters. The van der Waals surface area contributed by atoms with E-state index in [-0.39, 0.29) is 0 Å². The standard InChI is InChI=1S/C31H42O/c1-3-5-24-6-10-26(11-7-24)28-14-18-30(19-15-28)31-20-16-29(17-21-31)27-12-8-25(9-13-27)23-32-22-4-2/h3,5,8-9,12-13,16-17,20-21,24,26,28,30H,4,6-7,10-11,14-15,18-19,22-23H2,1-2H3/b5-3+. The van der Waals surface area contributed by atoms with Gasteiger partial charge in [-0.25, -0.2) is 0 Å². The van der Waals surface area contributed by atoms with E-state index in [0.29, 0.717) is 6.61 Å². The highest BCUT2D eigenvalue weighted by molar-refractivity contribution is 5.64. The van der Waals surface area contributed by atoms with Gasteiger partial charge in [-0.15, -0.1) is 0 Å². The summed E-state index contributed by atoms with van der Waals surface area (Å²) in [7, 11) is 0. The van der Waals surface area contributed by atoms with Gasteiger partial charge in [-0.2, -0.15) is 0 Å². The predicted octanol–water partition coefficient (Wildman–Crippen LogP) is 8.94. The van der Waals surface area contributed by atoms with E-state index in [1.165, 1.54) is 68.1 Å². The van der Waals surface area contributed by atoms with Gasteiger partial charge in [0.05, 0.1) is 6.61 Å². The van der Waals surface area contributed by atoms with Crippen molar-refractivity contribution in [2.24, 2.45) is 17.8 Å². The number of allylic oxidation sites excluding steroid dienone is 2. The summed E-state index contributed by atoms with van der Waals surface area (Å²) >= 11 is 0. The van der Waals surface area contributed by atoms with Crippen LogP contribution in [0.5, 0.6) is 0 Å². The van der Waals surface area contributed by atoms with Crippen LogP contribution < -0.4 is 0 Å². The SMILES string of the molecule is C/C=C/C1CCC(C2CCC(c3ccc(-c4ccc(COCCC)cc4)cc3)CC2)CC1. The Bertz CT molecular complexity index is 816. The molecule has 0 aromatic heterocycles. The molecule has 2 aliphatic carbocycles. The third-order valence-corrected chi connectivity index (χ3v) is 8.01. The quantitative estimate of drug-likeness (QED) is 0.300. The second-order valence-electron chi connectivity index (χ2n) is 10.2. The van der Waals surface area contributed by atoms with E-state index < -0.39 is 0 Å². The van der Waals surface area contributed by atoms with Crippen molar-refractivity contribution in [3.05, 3.63) is 71.8 Å². The number of rotatable bonds is 8. The van der Waals surface area contributed by atoms with Crippen LogP contribution in [0.15, 0.2) is 60.7 Å². The Kier molecular flexibility index (Phi) is 8.62. The van der Waals surface area contributed by atoms with Crippen molar-refractivity contribution in [2.45, 2.75) is 84.2 Å². The lowest BCUT2D eigenvalue weighted by Gasteiger charge is -2.37. The van der Waals surface area contributed by atoms with Crippen LogP contribution in [0, 0.1) is 17.8 Å². The van der Waals surface area contributed by atoms with Gasteiger partial charge < -0.3 is 4.74 Å². The lowest BCUT2D eigenvalue weighted by molar-refractivity contribution is 0.121. The number of hydrogen-bond donors (Lipinski definition) is 0. The van der Waals surface area contributed by atoms with Crippen LogP contribution in [-0.2, 0) is 11.3 Å². The lowest BCUT2D eigenvalue weighted by atomic mass is 9.68. The average molecular weight is 431 g/mol. The highest BCUT2D eigenvalue weighted by Gasteiger charge is 2.30. The van der Waals surface area contributed by atoms with Crippen LogP contribution in [0.3, 0.4) is 0 Å². The molecule has 4 rings (SSSR count). The van der Waals surface area contributed by atoms with Crippen molar-refractivity contribution >= 4 is 0 Å². The molecule has 0 spiro atoms. The molecule has 0 bridgehead atoms. The molecule has 0 amide bonds. The Morgan fingerprint density at radius 3 is 1.88 bits per heavy atom. The summed E-state index contributed by atoms with van der Waals surface area (Å²) in [5.74, 6) is 3.60. The predicted molar refractivity (Wildman–Crippen MR) is 137 cm³/mol. The van der Waals surface area contributed by atoms with Gasteiger partial charge in [0.2, 0.25) is 0 Å². The summed E-state index contributed by atoms with van der Waals surface area (Å²) in [5, 5.41) is 0. The van der Waals surface area contributed by atoms with E-state index in [0.717, 1.165) is 36.7 Å². The Hall–Kier alpha value is -1.86. The van der Waals surface area contributed by atoms with Gasteiger partial charge in [0.1, 0.15) is 0 Å². The van der Waals surface area contributed by atoms with Crippen LogP contribution in [0.2, 0.25) is 0 Å². The fourth-order valence-corrected chi connectivity index (χ4v) is 6.08. The summed E-state index contributed by atoms with van der Waals surface area (Å²) in [6.45, 7) is 5.87. The smallest absolute Gasteiger partial charge is 0.0716 e. The molecule has 2 aromatic rings. The number of hydrogen-bond acceptors (Lipinski definition) is 1. The van der Waals surface area contributed by atoms with E-state index in [1.54, 1.807) is 5.56 Å². The Morgan fingerprint density at radius 1 is 0.750 bits per heavy atom. The van der Waals surface area contributed by atoms with Crippen LogP contribution in [0.25, 0.3) is 11.1 Å². The lowest BCUT2D eigenvalue weighted by Crippen LogP contribution is -2.25. The first-order chi connectivity index (χ1) is 15.8. The van der Waals surface area contributed by atoms with Gasteiger partial charge in [0, 0.05) is 6.61 Å². The van der Waals surface area contributed by atoms with Gasteiger partial charge in [-0.1, -0.05) is 67.6 Å². The van der Waals surface area contributed by atoms with E-state index in [1.807, 2.05) is 0 Å². The molecule has 0 N–H and O–H groups in total. The zero-order valence-electron chi connectivity index (χ0n) is 20.3. The molecule has 0 heterocycles. The van der Waals surface area contributed by atoms with E-state index in [2.05, 4.69) is 74.5 Å². The molecular weight excluding hydrogens is 388 g/mol. The Balaban J connectivity index is 1.27. The number of benzene rings is 2. The molecule has 1 heteroatoms. The third kappa shape index (κ3) is 6.13. The van der Waals surface area contributed by atoms with Gasteiger partial charge in [-0.05, 0) is 111 Å². The van der Waals surface area contributed by atoms with Crippen molar-refractivity contribution in [1.29, 1.82) is 0 Å². The summed E-state index contributed by atoms with van der Waals surface area (Å²) in [6, 6.07) is 18.3. The molecule has 0 radical (unpaired) electrons. The molecule has 0 unspecified atom stereocenters. The van der Waals surface area contributed by atoms with E-state index in [9.17, 15) is 0 Å². The third-order valence-electron chi connectivity index (χ3n) is 8.01. The zero-order valence-corrected chi connectivity index (χ0v) is 20.3. The largest absolute Gasteiger partial charge is 0.377 e. The maximum absolute atomic E-state index is 5.66. The molecule has 0 aliphatic heterocycles. The van der Waals surface area contributed by atoms with E-state index in [4.69, 9.17) is 4.74 Å². The topological polar surface area (TPSA) is 9.23 Å². The summed E-state index contributed by atoms with van der Waals surface area (Å²) < 4.78 is 5.66. The summed E-state index contributed by atoms with van der Waals surface area (Å²) in [4.78, 5) is 0. The Morgan fingerprint density at radius 2 is 1.31 bits per heavy atom. The molecule has 32 heavy (non-hydrogen) atoms. The normalized spacial score (nSPS) is 26.4. The first-order valence-electron chi connectivity index (χ1n) is 13.2. The van der Waals surface area contributed by atoms with Crippen molar-refractivity contribution in [3.8, 4) is 11.1 Å². The van der Waals surface area contributed by atoms with Gasteiger partial charge >= 0.3 is 0 Å². The molecule has 2 aliphatic rings. The first-order valence-corrected chi connectivity index (χ1v) is 13.2. The van der Waals surface area contributed by atoms with Crippen LogP contribution in [0.1, 0.15) is 88.7 Å². The second-order valence-corrected chi connectivity index (χ2v) is 10.2. The average Bonchev–Trinajstić information content (AvgIpc) is 2.86. The van der Waals surface area contributed by atoms with Gasteiger partial charge in [0.25, 0.3) is 0 Å². The van der Waals surface area contributed by atoms with Crippen molar-refractivity contribution in [1.82, 2.24) is 0 Å². The Labute approximate surface area is 196 Å². The van der Waals surface area contributed by atoms with Gasteiger partial charge in [-0.3, -0.25) is 0 Å². The van der Waals surface area contributed by atoms with Crippen molar-refractivity contribution < 1.29 is 4.74 Å². The molecule has 172 valence electrons. The summed E-state index contributed by atoms with van der Waals surface area (Å²) in [6.07, 6.45) is 17.2. The monoisotopic (exact) mass is 430 g/mol. The minimum atomic E-state index is 0.715. The molecule has 2 aromatic carbocycles. The number of ether oxygens (including phenoxy) is 1. The van der Waals surface area contributed by atoms with Crippen molar-refractivity contribution in [3.63, 3.8) is 0 Å². The van der Waals surface area contributed by atoms with Gasteiger partial charge in [0.15, 0.2) is 0 Å². The minimum Gasteiger partial charge on any atom is -0.377 e. The minimum absolute atomic E-state index is 0.715. The van der Waals surface area contributed by atoms with Crippen LogP contribution >= 0.6 is 0 Å². The van der Waals surface area contributed by atoms with Crippen LogP contribution in [0.4, 0.5) is 0 Å². The second kappa shape index (κ2) is 11.8.